The first-order valence-corrected chi connectivity index (χ1v) is 10.6. The molecule has 0 bridgehead atoms. The van der Waals surface area contributed by atoms with Gasteiger partial charge in [-0.15, -0.1) is 0 Å². The Hall–Kier alpha value is -1.09. The third kappa shape index (κ3) is 4.08. The maximum Gasteiger partial charge on any atom is 0.356 e. The Morgan fingerprint density at radius 1 is 1.27 bits per heavy atom. The molecule has 0 amide bonds. The zero-order valence-electron chi connectivity index (χ0n) is 14.6. The van der Waals surface area contributed by atoms with Crippen LogP contribution < -0.4 is 0 Å². The number of halogens is 1. The lowest BCUT2D eigenvalue weighted by atomic mass is 10.2. The summed E-state index contributed by atoms with van der Waals surface area (Å²) in [4.78, 5) is 12.4. The van der Waals surface area contributed by atoms with Gasteiger partial charge in [0.2, 0.25) is 0 Å². The van der Waals surface area contributed by atoms with Gasteiger partial charge in [0.15, 0.2) is 10.8 Å². The molecule has 1 aliphatic rings. The Labute approximate surface area is 156 Å². The van der Waals surface area contributed by atoms with Crippen LogP contribution in [0.15, 0.2) is 12.7 Å². The molecule has 1 fully saturated rings. The van der Waals surface area contributed by atoms with Gasteiger partial charge in [0.1, 0.15) is 18.2 Å². The van der Waals surface area contributed by atoms with Crippen molar-refractivity contribution in [2.24, 2.45) is 0 Å². The molecular formula is C15H22ClN4O5P. The average molecular weight is 405 g/mol. The van der Waals surface area contributed by atoms with E-state index in [2.05, 4.69) is 15.0 Å². The van der Waals surface area contributed by atoms with Crippen molar-refractivity contribution in [3.05, 3.63) is 17.8 Å². The molecule has 1 aliphatic carbocycles. The summed E-state index contributed by atoms with van der Waals surface area (Å²) in [5.41, 5.74) is 1.13. The van der Waals surface area contributed by atoms with Gasteiger partial charge in [0, 0.05) is 6.04 Å². The average Bonchev–Trinajstić information content (AvgIpc) is 3.18. The van der Waals surface area contributed by atoms with Crippen LogP contribution in [0, 0.1) is 0 Å². The number of hydrogen-bond donors (Lipinski definition) is 1. The van der Waals surface area contributed by atoms with Crippen molar-refractivity contribution in [2.45, 2.75) is 44.9 Å². The lowest BCUT2D eigenvalue weighted by Gasteiger charge is -2.21. The van der Waals surface area contributed by atoms with E-state index in [1.165, 1.54) is 6.33 Å². The minimum atomic E-state index is -3.31. The fraction of sp³-hybridized carbons (Fsp3) is 0.667. The van der Waals surface area contributed by atoms with E-state index in [0.717, 1.165) is 0 Å². The van der Waals surface area contributed by atoms with Crippen molar-refractivity contribution in [1.82, 2.24) is 19.5 Å². The number of fused-ring (bicyclic) bond motifs is 1. The van der Waals surface area contributed by atoms with E-state index >= 15 is 0 Å². The summed E-state index contributed by atoms with van der Waals surface area (Å²) in [5, 5.41) is 10.6. The second kappa shape index (κ2) is 8.29. The molecule has 0 aromatic carbocycles. The van der Waals surface area contributed by atoms with E-state index in [-0.39, 0.29) is 30.8 Å². The molecule has 1 saturated carbocycles. The van der Waals surface area contributed by atoms with Crippen LogP contribution in [0.2, 0.25) is 5.15 Å². The smallest absolute Gasteiger partial charge is 0.356 e. The van der Waals surface area contributed by atoms with E-state index in [9.17, 15) is 9.67 Å². The molecule has 3 rings (SSSR count). The minimum Gasteiger partial charge on any atom is -0.390 e. The van der Waals surface area contributed by atoms with Gasteiger partial charge in [0.05, 0.1) is 31.7 Å². The monoisotopic (exact) mass is 404 g/mol. The normalized spacial score (nSPS) is 23.8. The maximum atomic E-state index is 12.5. The first-order chi connectivity index (χ1) is 12.5. The van der Waals surface area contributed by atoms with E-state index in [4.69, 9.17) is 25.4 Å². The molecule has 0 aliphatic heterocycles. The standard InChI is InChI=1S/C15H22ClN4O5P/c1-3-24-26(22,25-4-2)9-23-12-6-10(5-11(12)21)20-8-19-13-14(16)17-7-18-15(13)20/h7-8,10-12,21H,3-6,9H2,1-2H3/t10-,11-,12-/m0/s1. The summed E-state index contributed by atoms with van der Waals surface area (Å²) < 4.78 is 30.5. The first kappa shape index (κ1) is 19.7. The third-order valence-corrected chi connectivity index (χ3v) is 6.30. The molecule has 1 N–H and O–H groups in total. The summed E-state index contributed by atoms with van der Waals surface area (Å²) in [6, 6.07) is -0.0652. The molecule has 0 radical (unpaired) electrons. The second-order valence-electron chi connectivity index (χ2n) is 5.96. The lowest BCUT2D eigenvalue weighted by Crippen LogP contribution is -2.23. The fourth-order valence-corrected chi connectivity index (χ4v) is 4.70. The van der Waals surface area contributed by atoms with Gasteiger partial charge in [-0.25, -0.2) is 15.0 Å². The molecule has 3 atom stereocenters. The highest BCUT2D eigenvalue weighted by Crippen LogP contribution is 2.49. The Balaban J connectivity index is 1.69. The highest BCUT2D eigenvalue weighted by atomic mass is 35.5. The molecule has 9 nitrogen and oxygen atoms in total. The number of rotatable bonds is 8. The van der Waals surface area contributed by atoms with Gasteiger partial charge >= 0.3 is 7.60 Å². The molecule has 2 heterocycles. The number of ether oxygens (including phenoxy) is 1. The van der Waals surface area contributed by atoms with Crippen molar-refractivity contribution in [3.8, 4) is 0 Å². The van der Waals surface area contributed by atoms with E-state index in [0.29, 0.717) is 24.0 Å². The number of aliphatic hydroxyl groups is 1. The fourth-order valence-electron chi connectivity index (χ4n) is 3.14. The van der Waals surface area contributed by atoms with E-state index in [1.54, 1.807) is 20.2 Å². The van der Waals surface area contributed by atoms with Gasteiger partial charge in [-0.2, -0.15) is 0 Å². The van der Waals surface area contributed by atoms with Crippen LogP contribution in [-0.2, 0) is 18.3 Å². The minimum absolute atomic E-state index is 0.0652. The van der Waals surface area contributed by atoms with Crippen molar-refractivity contribution in [3.63, 3.8) is 0 Å². The Kier molecular flexibility index (Phi) is 6.27. The summed E-state index contributed by atoms with van der Waals surface area (Å²) in [6.07, 6.45) is 2.62. The van der Waals surface area contributed by atoms with Crippen LogP contribution in [0.5, 0.6) is 0 Å². The SMILES string of the molecule is CCOP(=O)(CO[C@H]1C[C@@H](n2cnc3c(Cl)ncnc32)C[C@@H]1O)OCC. The van der Waals surface area contributed by atoms with Crippen LogP contribution in [-0.4, -0.2) is 56.4 Å². The molecule has 0 unspecified atom stereocenters. The molecule has 0 spiro atoms. The van der Waals surface area contributed by atoms with Crippen LogP contribution in [0.3, 0.4) is 0 Å². The van der Waals surface area contributed by atoms with E-state index < -0.39 is 19.8 Å². The van der Waals surface area contributed by atoms with Crippen LogP contribution >= 0.6 is 19.2 Å². The van der Waals surface area contributed by atoms with Gasteiger partial charge in [0.25, 0.3) is 0 Å². The Morgan fingerprint density at radius 2 is 2.00 bits per heavy atom. The molecule has 0 saturated heterocycles. The van der Waals surface area contributed by atoms with Crippen molar-refractivity contribution in [1.29, 1.82) is 0 Å². The summed E-state index contributed by atoms with van der Waals surface area (Å²) in [7, 11) is -3.31. The number of aliphatic hydroxyl groups excluding tert-OH is 1. The second-order valence-corrected chi connectivity index (χ2v) is 8.32. The zero-order valence-corrected chi connectivity index (χ0v) is 16.3. The predicted molar refractivity (Wildman–Crippen MR) is 95.2 cm³/mol. The predicted octanol–water partition coefficient (Wildman–Crippen LogP) is 2.78. The largest absolute Gasteiger partial charge is 0.390 e. The summed E-state index contributed by atoms with van der Waals surface area (Å²) in [6.45, 7) is 4.00. The highest BCUT2D eigenvalue weighted by molar-refractivity contribution is 7.53. The van der Waals surface area contributed by atoms with Crippen LogP contribution in [0.4, 0.5) is 0 Å². The zero-order chi connectivity index (χ0) is 18.7. The molecule has 26 heavy (non-hydrogen) atoms. The number of imidazole rings is 1. The van der Waals surface area contributed by atoms with Crippen molar-refractivity contribution < 1.29 is 23.5 Å². The van der Waals surface area contributed by atoms with E-state index in [1.807, 2.05) is 4.57 Å². The molecule has 144 valence electrons. The van der Waals surface area contributed by atoms with Gasteiger partial charge in [-0.3, -0.25) is 4.57 Å². The van der Waals surface area contributed by atoms with Crippen LogP contribution in [0.25, 0.3) is 11.2 Å². The third-order valence-electron chi connectivity index (χ3n) is 4.25. The summed E-state index contributed by atoms with van der Waals surface area (Å²) >= 11 is 6.03. The maximum absolute atomic E-state index is 12.5. The molecular weight excluding hydrogens is 383 g/mol. The Bertz CT molecular complexity index is 793. The number of nitrogens with zero attached hydrogens (tertiary/aromatic N) is 4. The van der Waals surface area contributed by atoms with Gasteiger partial charge in [-0.1, -0.05) is 11.6 Å². The first-order valence-electron chi connectivity index (χ1n) is 8.48. The highest BCUT2D eigenvalue weighted by Gasteiger charge is 2.37. The van der Waals surface area contributed by atoms with Crippen LogP contribution in [0.1, 0.15) is 32.7 Å². The molecule has 2 aromatic heterocycles. The molecule has 2 aromatic rings. The van der Waals surface area contributed by atoms with Crippen molar-refractivity contribution >= 4 is 30.4 Å². The lowest BCUT2D eigenvalue weighted by molar-refractivity contribution is -0.00712. The summed E-state index contributed by atoms with van der Waals surface area (Å²) in [5.74, 6) is 0. The Morgan fingerprint density at radius 3 is 2.69 bits per heavy atom. The van der Waals surface area contributed by atoms with Gasteiger partial charge < -0.3 is 23.5 Å². The van der Waals surface area contributed by atoms with Gasteiger partial charge in [-0.05, 0) is 26.7 Å². The van der Waals surface area contributed by atoms with Crippen molar-refractivity contribution in [2.75, 3.05) is 19.6 Å². The topological polar surface area (TPSA) is 109 Å². The quantitative estimate of drug-likeness (QED) is 0.528. The number of hydrogen-bond acceptors (Lipinski definition) is 8. The number of aromatic nitrogens is 4. The molecule has 11 heteroatoms.